The first kappa shape index (κ1) is 17.1. The molecule has 114 valence electrons. The summed E-state index contributed by atoms with van der Waals surface area (Å²) in [6.07, 6.45) is 0. The Hall–Kier alpha value is -0.990. The molecule has 0 aliphatic carbocycles. The number of hydrogen-bond donors (Lipinski definition) is 1. The van der Waals surface area contributed by atoms with Crippen molar-refractivity contribution in [3.05, 3.63) is 24.3 Å². The third-order valence-corrected chi connectivity index (χ3v) is 5.42. The van der Waals surface area contributed by atoms with Crippen molar-refractivity contribution in [2.24, 2.45) is 11.8 Å². The average molecular weight is 323 g/mol. The molecule has 1 aromatic carbocycles. The van der Waals surface area contributed by atoms with Gasteiger partial charge in [-0.05, 0) is 36.1 Å². The molecule has 0 aromatic heterocycles. The summed E-state index contributed by atoms with van der Waals surface area (Å²) in [6, 6.07) is 3.98. The van der Waals surface area contributed by atoms with E-state index in [1.165, 1.54) is 0 Å². The monoisotopic (exact) mass is 323 g/mol. The molecule has 0 aliphatic heterocycles. The second-order valence-electron chi connectivity index (χ2n) is 4.98. The van der Waals surface area contributed by atoms with E-state index < -0.39 is 25.1 Å². The Kier molecular flexibility index (Phi) is 5.28. The molecular weight excluding hydrogens is 305 g/mol. The summed E-state index contributed by atoms with van der Waals surface area (Å²) in [5.41, 5.74) is 0. The van der Waals surface area contributed by atoms with Crippen LogP contribution in [-0.2, 0) is 20.2 Å². The molecule has 1 rings (SSSR count). The van der Waals surface area contributed by atoms with Gasteiger partial charge < -0.3 is 0 Å². The van der Waals surface area contributed by atoms with Crippen LogP contribution in [0.15, 0.2) is 34.1 Å². The van der Waals surface area contributed by atoms with Gasteiger partial charge in [0.2, 0.25) is 10.0 Å². The van der Waals surface area contributed by atoms with Crippen molar-refractivity contribution in [1.29, 1.82) is 0 Å². The van der Waals surface area contributed by atoms with Crippen LogP contribution in [-0.4, -0.2) is 23.4 Å². The van der Waals surface area contributed by atoms with Crippen molar-refractivity contribution >= 4 is 20.2 Å². The van der Waals surface area contributed by atoms with E-state index in [0.717, 1.165) is 24.3 Å². The second-order valence-corrected chi connectivity index (χ2v) is 8.10. The zero-order valence-corrected chi connectivity index (χ0v) is 13.1. The van der Waals surface area contributed by atoms with Crippen LogP contribution in [0.25, 0.3) is 0 Å². The summed E-state index contributed by atoms with van der Waals surface area (Å²) in [4.78, 5) is -0.659. The van der Waals surface area contributed by atoms with Crippen molar-refractivity contribution in [3.8, 4) is 0 Å². The summed E-state index contributed by atoms with van der Waals surface area (Å²) < 4.78 is 60.4. The van der Waals surface area contributed by atoms with Gasteiger partial charge in [0.05, 0.1) is 9.79 Å². The van der Waals surface area contributed by atoms with Gasteiger partial charge in [-0.3, -0.25) is 0 Å². The molecule has 0 saturated heterocycles. The van der Waals surface area contributed by atoms with Gasteiger partial charge >= 0.3 is 10.2 Å². The maximum Gasteiger partial charge on any atom is 0.332 e. The number of sulfonamides is 1. The Labute approximate surface area is 119 Å². The highest BCUT2D eigenvalue weighted by atomic mass is 32.3. The molecule has 0 amide bonds. The van der Waals surface area contributed by atoms with Crippen LogP contribution >= 0.6 is 0 Å². The minimum Gasteiger partial charge on any atom is -0.211 e. The maximum atomic E-state index is 12.7. The van der Waals surface area contributed by atoms with E-state index in [4.69, 9.17) is 0 Å². The van der Waals surface area contributed by atoms with Crippen molar-refractivity contribution in [3.63, 3.8) is 0 Å². The smallest absolute Gasteiger partial charge is 0.211 e. The van der Waals surface area contributed by atoms with Crippen LogP contribution in [0.1, 0.15) is 20.8 Å². The Balaban J connectivity index is 2.89. The largest absolute Gasteiger partial charge is 0.332 e. The molecule has 0 spiro atoms. The van der Waals surface area contributed by atoms with Gasteiger partial charge in [-0.25, -0.2) is 13.1 Å². The summed E-state index contributed by atoms with van der Waals surface area (Å²) in [5.74, 6) is 0.493. The highest BCUT2D eigenvalue weighted by Gasteiger charge is 2.18. The lowest BCUT2D eigenvalue weighted by molar-refractivity contribution is 0.414. The zero-order chi connectivity index (χ0) is 15.6. The average Bonchev–Trinajstić information content (AvgIpc) is 2.35. The molecule has 0 bridgehead atoms. The predicted molar refractivity (Wildman–Crippen MR) is 73.9 cm³/mol. The molecule has 5 nitrogen and oxygen atoms in total. The molecule has 0 saturated carbocycles. The molecule has 0 aliphatic rings. The first-order chi connectivity index (χ1) is 9.04. The summed E-state index contributed by atoms with van der Waals surface area (Å²) in [6.45, 7) is 6.18. The molecule has 1 N–H and O–H groups in total. The lowest BCUT2D eigenvalue weighted by Crippen LogP contribution is -2.30. The Morgan fingerprint density at radius 3 is 1.85 bits per heavy atom. The standard InChI is InChI=1S/C12H18FNO4S2/c1-9(2)10(3)8-14-20(17,18)12-6-4-11(5-7-12)19(13,15)16/h4-7,9-10,14H,8H2,1-3H3. The molecule has 0 heterocycles. The molecule has 8 heteroatoms. The van der Waals surface area contributed by atoms with Crippen LogP contribution in [0, 0.1) is 11.8 Å². The first-order valence-corrected chi connectivity index (χ1v) is 8.95. The fraction of sp³-hybridized carbons (Fsp3) is 0.500. The number of hydrogen-bond acceptors (Lipinski definition) is 4. The van der Waals surface area contributed by atoms with E-state index in [0.29, 0.717) is 5.92 Å². The number of nitrogens with one attached hydrogen (secondary N) is 1. The molecule has 1 aromatic rings. The topological polar surface area (TPSA) is 80.3 Å². The van der Waals surface area contributed by atoms with E-state index in [1.54, 1.807) is 0 Å². The van der Waals surface area contributed by atoms with E-state index in [9.17, 15) is 20.7 Å². The van der Waals surface area contributed by atoms with E-state index >= 15 is 0 Å². The molecular formula is C12H18FNO4S2. The van der Waals surface area contributed by atoms with Crippen molar-refractivity contribution in [2.75, 3.05) is 6.54 Å². The van der Waals surface area contributed by atoms with Crippen molar-refractivity contribution < 1.29 is 20.7 Å². The zero-order valence-electron chi connectivity index (χ0n) is 11.5. The third kappa shape index (κ3) is 4.53. The van der Waals surface area contributed by atoms with Gasteiger partial charge in [0, 0.05) is 6.54 Å². The van der Waals surface area contributed by atoms with Crippen molar-refractivity contribution in [2.45, 2.75) is 30.6 Å². The SMILES string of the molecule is CC(C)C(C)CNS(=O)(=O)c1ccc(S(=O)(=O)F)cc1. The van der Waals surface area contributed by atoms with Crippen LogP contribution in [0.5, 0.6) is 0 Å². The minimum atomic E-state index is -4.82. The summed E-state index contributed by atoms with van der Waals surface area (Å²) in [5, 5.41) is 0. The van der Waals surface area contributed by atoms with Crippen LogP contribution in [0.4, 0.5) is 3.89 Å². The number of halogens is 1. The molecule has 0 radical (unpaired) electrons. The van der Waals surface area contributed by atoms with Gasteiger partial charge in [0.15, 0.2) is 0 Å². The lowest BCUT2D eigenvalue weighted by Gasteiger charge is -2.16. The molecule has 1 unspecified atom stereocenters. The van der Waals surface area contributed by atoms with Gasteiger partial charge in [0.1, 0.15) is 0 Å². The molecule has 20 heavy (non-hydrogen) atoms. The van der Waals surface area contributed by atoms with Crippen LogP contribution in [0.3, 0.4) is 0 Å². The second kappa shape index (κ2) is 6.19. The van der Waals surface area contributed by atoms with Crippen LogP contribution in [0.2, 0.25) is 0 Å². The Bertz CT molecular complexity index is 651. The predicted octanol–water partition coefficient (Wildman–Crippen LogP) is 1.92. The highest BCUT2D eigenvalue weighted by molar-refractivity contribution is 7.89. The fourth-order valence-corrected chi connectivity index (χ4v) is 2.95. The normalized spacial score (nSPS) is 14.4. The Morgan fingerprint density at radius 2 is 1.45 bits per heavy atom. The maximum absolute atomic E-state index is 12.7. The van der Waals surface area contributed by atoms with E-state index in [-0.39, 0.29) is 17.4 Å². The fourth-order valence-electron chi connectivity index (χ4n) is 1.34. The number of rotatable bonds is 6. The quantitative estimate of drug-likeness (QED) is 0.811. The van der Waals surface area contributed by atoms with Gasteiger partial charge in [0.25, 0.3) is 0 Å². The summed E-state index contributed by atoms with van der Waals surface area (Å²) >= 11 is 0. The van der Waals surface area contributed by atoms with E-state index in [2.05, 4.69) is 4.72 Å². The third-order valence-electron chi connectivity index (χ3n) is 3.15. The van der Waals surface area contributed by atoms with Gasteiger partial charge in [-0.15, -0.1) is 3.89 Å². The first-order valence-electron chi connectivity index (χ1n) is 6.08. The van der Waals surface area contributed by atoms with Gasteiger partial charge in [-0.1, -0.05) is 20.8 Å². The Morgan fingerprint density at radius 1 is 1.00 bits per heavy atom. The summed E-state index contributed by atoms with van der Waals surface area (Å²) in [7, 11) is -8.54. The van der Waals surface area contributed by atoms with Crippen LogP contribution < -0.4 is 4.72 Å². The van der Waals surface area contributed by atoms with Gasteiger partial charge in [-0.2, -0.15) is 8.42 Å². The molecule has 1 atom stereocenters. The number of benzene rings is 1. The van der Waals surface area contributed by atoms with E-state index in [1.807, 2.05) is 20.8 Å². The molecule has 0 fully saturated rings. The lowest BCUT2D eigenvalue weighted by atomic mass is 9.99. The van der Waals surface area contributed by atoms with Crippen molar-refractivity contribution in [1.82, 2.24) is 4.72 Å². The highest BCUT2D eigenvalue weighted by Crippen LogP contribution is 2.16. The minimum absolute atomic E-state index is 0.0964.